The molecule has 2 saturated heterocycles. The van der Waals surface area contributed by atoms with Crippen LogP contribution in [0.25, 0.3) is 0 Å². The molecule has 0 saturated carbocycles. The Bertz CT molecular complexity index is 712. The Morgan fingerprint density at radius 2 is 1.86 bits per heavy atom. The number of nitrogens with one attached hydrogen (secondary N) is 3. The van der Waals surface area contributed by atoms with Gasteiger partial charge in [-0.3, -0.25) is 9.59 Å². The zero-order valence-corrected chi connectivity index (χ0v) is 18.4. The first-order valence-electron chi connectivity index (χ1n) is 9.93. The van der Waals surface area contributed by atoms with Crippen LogP contribution in [0.4, 0.5) is 5.69 Å². The van der Waals surface area contributed by atoms with Crippen molar-refractivity contribution >= 4 is 41.5 Å². The van der Waals surface area contributed by atoms with E-state index in [1.54, 1.807) is 18.2 Å². The molecule has 2 heterocycles. The number of hydrogen-bond acceptors (Lipinski definition) is 3. The molecule has 2 amide bonds. The highest BCUT2D eigenvalue weighted by molar-refractivity contribution is 6.34. The summed E-state index contributed by atoms with van der Waals surface area (Å²) in [6.07, 6.45) is 5.99. The van der Waals surface area contributed by atoms with E-state index in [4.69, 9.17) is 11.6 Å². The van der Waals surface area contributed by atoms with Gasteiger partial charge in [-0.15, -0.1) is 12.4 Å². The largest absolute Gasteiger partial charge is 0.347 e. The highest BCUT2D eigenvalue weighted by atomic mass is 35.5. The molecule has 7 heteroatoms. The fraction of sp³-hybridized carbons (Fsp3) is 0.619. The Labute approximate surface area is 178 Å². The number of hydrogen-bond donors (Lipinski definition) is 3. The van der Waals surface area contributed by atoms with Gasteiger partial charge in [0, 0.05) is 29.7 Å². The average molecular weight is 428 g/mol. The summed E-state index contributed by atoms with van der Waals surface area (Å²) in [4.78, 5) is 24.8. The summed E-state index contributed by atoms with van der Waals surface area (Å²) in [5.74, 6) is 0.261. The number of halogens is 2. The molecule has 0 radical (unpaired) electrons. The minimum absolute atomic E-state index is 0. The van der Waals surface area contributed by atoms with E-state index in [0.717, 1.165) is 19.3 Å². The molecular weight excluding hydrogens is 397 g/mol. The van der Waals surface area contributed by atoms with Gasteiger partial charge >= 0.3 is 0 Å². The lowest BCUT2D eigenvalue weighted by Gasteiger charge is -2.28. The van der Waals surface area contributed by atoms with E-state index in [-0.39, 0.29) is 29.8 Å². The minimum atomic E-state index is -0.290. The highest BCUT2D eigenvalue weighted by Gasteiger charge is 2.34. The zero-order valence-electron chi connectivity index (χ0n) is 16.8. The number of anilines is 1. The Morgan fingerprint density at radius 3 is 2.43 bits per heavy atom. The van der Waals surface area contributed by atoms with Gasteiger partial charge in [-0.2, -0.15) is 0 Å². The number of benzene rings is 1. The molecule has 3 rings (SSSR count). The average Bonchev–Trinajstić information content (AvgIpc) is 2.93. The molecule has 2 aliphatic rings. The van der Waals surface area contributed by atoms with Crippen molar-refractivity contribution in [3.8, 4) is 0 Å². The van der Waals surface area contributed by atoms with Crippen molar-refractivity contribution in [2.45, 2.75) is 76.9 Å². The predicted molar refractivity (Wildman–Crippen MR) is 116 cm³/mol. The minimum Gasteiger partial charge on any atom is -0.347 e. The quantitative estimate of drug-likeness (QED) is 0.623. The van der Waals surface area contributed by atoms with Crippen LogP contribution in [0.3, 0.4) is 0 Å². The van der Waals surface area contributed by atoms with Crippen molar-refractivity contribution < 1.29 is 9.59 Å². The summed E-state index contributed by atoms with van der Waals surface area (Å²) < 4.78 is 0. The number of amides is 2. The van der Waals surface area contributed by atoms with Crippen LogP contribution in [0, 0.1) is 5.92 Å². The molecule has 5 nitrogen and oxygen atoms in total. The fourth-order valence-electron chi connectivity index (χ4n) is 4.06. The number of piperidine rings is 1. The monoisotopic (exact) mass is 427 g/mol. The molecule has 2 fully saturated rings. The van der Waals surface area contributed by atoms with E-state index >= 15 is 0 Å². The van der Waals surface area contributed by atoms with E-state index in [9.17, 15) is 9.59 Å². The van der Waals surface area contributed by atoms with Crippen LogP contribution < -0.4 is 16.0 Å². The molecule has 2 bridgehead atoms. The van der Waals surface area contributed by atoms with Crippen LogP contribution in [0.15, 0.2) is 18.2 Å². The standard InChI is InChI=1S/C21H30ClN3O2.ClH/c1-4-21(2,3)25-20(27)17-8-7-16(12-18(17)22)24-19(26)11-13-9-14-5-6-15(10-13)23-14;/h7-8,12-15,23H,4-6,9-11H2,1-3H3,(H,24,26)(H,25,27);1H. The van der Waals surface area contributed by atoms with Gasteiger partial charge in [-0.25, -0.2) is 0 Å². The van der Waals surface area contributed by atoms with Gasteiger partial charge in [0.1, 0.15) is 0 Å². The molecule has 0 aliphatic carbocycles. The number of carbonyl (C=O) groups is 2. The van der Waals surface area contributed by atoms with Crippen LogP contribution in [-0.2, 0) is 4.79 Å². The van der Waals surface area contributed by atoms with Crippen molar-refractivity contribution in [2.75, 3.05) is 5.32 Å². The Kier molecular flexibility index (Phi) is 7.77. The van der Waals surface area contributed by atoms with Crippen molar-refractivity contribution in [3.05, 3.63) is 28.8 Å². The first-order chi connectivity index (χ1) is 12.8. The van der Waals surface area contributed by atoms with Crippen LogP contribution in [0.1, 0.15) is 69.7 Å². The van der Waals surface area contributed by atoms with Crippen LogP contribution in [0.5, 0.6) is 0 Å². The molecule has 0 aromatic heterocycles. The van der Waals surface area contributed by atoms with Crippen molar-refractivity contribution in [1.29, 1.82) is 0 Å². The molecule has 1 aromatic carbocycles. The van der Waals surface area contributed by atoms with E-state index in [2.05, 4.69) is 16.0 Å². The molecule has 0 spiro atoms. The summed E-state index contributed by atoms with van der Waals surface area (Å²) in [6.45, 7) is 5.97. The van der Waals surface area contributed by atoms with Gasteiger partial charge in [0.05, 0.1) is 10.6 Å². The lowest BCUT2D eigenvalue weighted by molar-refractivity contribution is -0.117. The molecule has 1 aromatic rings. The van der Waals surface area contributed by atoms with E-state index in [1.807, 2.05) is 20.8 Å². The van der Waals surface area contributed by atoms with E-state index in [0.29, 0.717) is 40.7 Å². The zero-order chi connectivity index (χ0) is 19.6. The first-order valence-corrected chi connectivity index (χ1v) is 10.3. The maximum Gasteiger partial charge on any atom is 0.253 e. The lowest BCUT2D eigenvalue weighted by atomic mass is 9.89. The van der Waals surface area contributed by atoms with Crippen LogP contribution in [0.2, 0.25) is 5.02 Å². The third-order valence-electron chi connectivity index (χ3n) is 5.88. The molecule has 28 heavy (non-hydrogen) atoms. The normalized spacial score (nSPS) is 23.6. The van der Waals surface area contributed by atoms with Gasteiger partial charge < -0.3 is 16.0 Å². The second-order valence-corrected chi connectivity index (χ2v) is 9.02. The molecule has 156 valence electrons. The van der Waals surface area contributed by atoms with Crippen molar-refractivity contribution in [3.63, 3.8) is 0 Å². The summed E-state index contributed by atoms with van der Waals surface area (Å²) in [6, 6.07) is 6.23. The van der Waals surface area contributed by atoms with Gasteiger partial charge in [0.15, 0.2) is 0 Å². The number of carbonyl (C=O) groups excluding carboxylic acids is 2. The molecule has 2 unspecified atom stereocenters. The van der Waals surface area contributed by atoms with Gasteiger partial charge in [-0.05, 0) is 70.1 Å². The van der Waals surface area contributed by atoms with E-state index in [1.165, 1.54) is 12.8 Å². The fourth-order valence-corrected chi connectivity index (χ4v) is 4.32. The Hall–Kier alpha value is -1.30. The first kappa shape index (κ1) is 23.0. The smallest absolute Gasteiger partial charge is 0.253 e. The van der Waals surface area contributed by atoms with E-state index < -0.39 is 0 Å². The van der Waals surface area contributed by atoms with Crippen molar-refractivity contribution in [2.24, 2.45) is 5.92 Å². The summed E-state index contributed by atoms with van der Waals surface area (Å²) in [7, 11) is 0. The summed E-state index contributed by atoms with van der Waals surface area (Å²) in [5.41, 5.74) is 0.765. The lowest BCUT2D eigenvalue weighted by Crippen LogP contribution is -2.42. The predicted octanol–water partition coefficient (Wildman–Crippen LogP) is 4.54. The Balaban J connectivity index is 0.00000280. The van der Waals surface area contributed by atoms with Crippen LogP contribution in [-0.4, -0.2) is 29.4 Å². The summed E-state index contributed by atoms with van der Waals surface area (Å²) >= 11 is 6.30. The topological polar surface area (TPSA) is 70.2 Å². The molecule has 2 aliphatic heterocycles. The third-order valence-corrected chi connectivity index (χ3v) is 6.19. The van der Waals surface area contributed by atoms with Crippen LogP contribution >= 0.6 is 24.0 Å². The number of rotatable bonds is 6. The van der Waals surface area contributed by atoms with Crippen molar-refractivity contribution in [1.82, 2.24) is 10.6 Å². The second-order valence-electron chi connectivity index (χ2n) is 8.61. The Morgan fingerprint density at radius 1 is 1.21 bits per heavy atom. The second kappa shape index (κ2) is 9.47. The van der Waals surface area contributed by atoms with Gasteiger partial charge in [0.2, 0.25) is 5.91 Å². The number of fused-ring (bicyclic) bond motifs is 2. The molecule has 2 atom stereocenters. The third kappa shape index (κ3) is 5.85. The SMILES string of the molecule is CCC(C)(C)NC(=O)c1ccc(NC(=O)CC2CC3CCC(C2)N3)cc1Cl.Cl. The van der Waals surface area contributed by atoms with Gasteiger partial charge in [0.25, 0.3) is 5.91 Å². The highest BCUT2D eigenvalue weighted by Crippen LogP contribution is 2.33. The maximum atomic E-state index is 12.4. The maximum absolute atomic E-state index is 12.4. The molecule has 3 N–H and O–H groups in total. The van der Waals surface area contributed by atoms with Gasteiger partial charge in [-0.1, -0.05) is 18.5 Å². The molecular formula is C21H31Cl2N3O2. The summed E-state index contributed by atoms with van der Waals surface area (Å²) in [5, 5.41) is 9.85.